The molecule has 1 aromatic rings. The summed E-state index contributed by atoms with van der Waals surface area (Å²) in [5, 5.41) is 9.09. The number of aryl methyl sites for hydroxylation is 1. The van der Waals surface area contributed by atoms with Crippen molar-refractivity contribution >= 4 is 11.8 Å². The summed E-state index contributed by atoms with van der Waals surface area (Å²) in [6.45, 7) is 4.37. The van der Waals surface area contributed by atoms with Crippen LogP contribution in [-0.4, -0.2) is 35.0 Å². The zero-order valence-corrected chi connectivity index (χ0v) is 10.7. The molecule has 0 unspecified atom stereocenters. The van der Waals surface area contributed by atoms with Crippen molar-refractivity contribution < 1.29 is 14.1 Å². The molecule has 2 amide bonds. The van der Waals surface area contributed by atoms with Gasteiger partial charge < -0.3 is 15.2 Å². The highest BCUT2D eigenvalue weighted by molar-refractivity contribution is 5.77. The Hall–Kier alpha value is -1.92. The molecule has 0 aliphatic rings. The van der Waals surface area contributed by atoms with Gasteiger partial charge in [-0.1, -0.05) is 5.16 Å². The fourth-order valence-corrected chi connectivity index (χ4v) is 1.36. The molecule has 0 atom stereocenters. The molecule has 0 radical (unpaired) electrons. The fourth-order valence-electron chi connectivity index (χ4n) is 1.36. The van der Waals surface area contributed by atoms with Crippen molar-refractivity contribution in [1.82, 2.24) is 20.8 Å². The Labute approximate surface area is 105 Å². The molecular weight excluding hydrogens is 236 g/mol. The lowest BCUT2D eigenvalue weighted by Gasteiger charge is -2.04. The van der Waals surface area contributed by atoms with Gasteiger partial charge in [0.15, 0.2) is 5.82 Å². The van der Waals surface area contributed by atoms with Crippen molar-refractivity contribution in [3.8, 4) is 0 Å². The second-order valence-corrected chi connectivity index (χ2v) is 3.95. The summed E-state index contributed by atoms with van der Waals surface area (Å²) in [5.74, 6) is 0.679. The number of aromatic nitrogens is 2. The van der Waals surface area contributed by atoms with Crippen LogP contribution in [-0.2, 0) is 16.0 Å². The molecule has 7 nitrogen and oxygen atoms in total. The summed E-state index contributed by atoms with van der Waals surface area (Å²) < 4.78 is 4.76. The summed E-state index contributed by atoms with van der Waals surface area (Å²) in [7, 11) is 0. The average molecular weight is 254 g/mol. The van der Waals surface area contributed by atoms with Gasteiger partial charge in [0.2, 0.25) is 17.7 Å². The third kappa shape index (κ3) is 5.97. The summed E-state index contributed by atoms with van der Waals surface area (Å²) >= 11 is 0. The highest BCUT2D eigenvalue weighted by Gasteiger charge is 2.08. The predicted molar refractivity (Wildman–Crippen MR) is 63.7 cm³/mol. The quantitative estimate of drug-likeness (QED) is 0.665. The Morgan fingerprint density at radius 2 is 1.89 bits per heavy atom. The topological polar surface area (TPSA) is 97.1 Å². The number of nitrogens with zero attached hydrogens (tertiary/aromatic N) is 2. The van der Waals surface area contributed by atoms with Crippen LogP contribution in [0.25, 0.3) is 0 Å². The lowest BCUT2D eigenvalue weighted by molar-refractivity contribution is -0.121. The van der Waals surface area contributed by atoms with Gasteiger partial charge in [-0.15, -0.1) is 0 Å². The molecule has 18 heavy (non-hydrogen) atoms. The molecule has 1 aromatic heterocycles. The summed E-state index contributed by atoms with van der Waals surface area (Å²) in [6, 6.07) is 0. The number of nitrogens with one attached hydrogen (secondary N) is 2. The first-order valence-electron chi connectivity index (χ1n) is 5.88. The average Bonchev–Trinajstić information content (AvgIpc) is 2.68. The van der Waals surface area contributed by atoms with Gasteiger partial charge >= 0.3 is 0 Å². The van der Waals surface area contributed by atoms with Crippen molar-refractivity contribution in [2.45, 2.75) is 33.1 Å². The van der Waals surface area contributed by atoms with Crippen molar-refractivity contribution in [1.29, 1.82) is 0 Å². The second kappa shape index (κ2) is 7.41. The van der Waals surface area contributed by atoms with Crippen LogP contribution in [0.15, 0.2) is 4.52 Å². The SMILES string of the molecule is CC(=O)NCCCCNC(=O)Cc1noc(C)n1. The molecule has 0 fully saturated rings. The maximum Gasteiger partial charge on any atom is 0.227 e. The molecule has 0 aromatic carbocycles. The third-order valence-corrected chi connectivity index (χ3v) is 2.19. The van der Waals surface area contributed by atoms with Crippen LogP contribution in [0, 0.1) is 6.92 Å². The van der Waals surface area contributed by atoms with E-state index >= 15 is 0 Å². The van der Waals surface area contributed by atoms with Crippen molar-refractivity contribution in [2.75, 3.05) is 13.1 Å². The molecule has 7 heteroatoms. The van der Waals surface area contributed by atoms with Gasteiger partial charge in [-0.25, -0.2) is 0 Å². The van der Waals surface area contributed by atoms with E-state index in [-0.39, 0.29) is 18.2 Å². The maximum absolute atomic E-state index is 11.5. The predicted octanol–water partition coefficient (Wildman–Crippen LogP) is -0.0470. The molecule has 0 bridgehead atoms. The van der Waals surface area contributed by atoms with Crippen molar-refractivity contribution in [3.63, 3.8) is 0 Å². The van der Waals surface area contributed by atoms with Gasteiger partial charge in [0.25, 0.3) is 0 Å². The van der Waals surface area contributed by atoms with Crippen molar-refractivity contribution in [2.24, 2.45) is 0 Å². The molecular formula is C11H18N4O3. The molecule has 2 N–H and O–H groups in total. The zero-order valence-electron chi connectivity index (χ0n) is 10.7. The standard InChI is InChI=1S/C11H18N4O3/c1-8(16)12-5-3-4-6-13-11(17)7-10-14-9(2)18-15-10/h3-7H2,1-2H3,(H,12,16)(H,13,17). The Morgan fingerprint density at radius 1 is 1.22 bits per heavy atom. The largest absolute Gasteiger partial charge is 0.356 e. The molecule has 100 valence electrons. The van der Waals surface area contributed by atoms with Gasteiger partial charge in [-0.2, -0.15) is 4.98 Å². The van der Waals surface area contributed by atoms with E-state index in [0.29, 0.717) is 24.8 Å². The number of hydrogen-bond donors (Lipinski definition) is 2. The molecule has 1 heterocycles. The van der Waals surface area contributed by atoms with Crippen LogP contribution in [0.1, 0.15) is 31.5 Å². The number of unbranched alkanes of at least 4 members (excludes halogenated alkanes) is 1. The molecule has 1 rings (SSSR count). The number of rotatable bonds is 7. The van der Waals surface area contributed by atoms with Crippen molar-refractivity contribution in [3.05, 3.63) is 11.7 Å². The van der Waals surface area contributed by atoms with E-state index in [9.17, 15) is 9.59 Å². The summed E-state index contributed by atoms with van der Waals surface area (Å²) in [6.07, 6.45) is 1.78. The Bertz CT molecular complexity index is 403. The molecule has 0 saturated carbocycles. The van der Waals surface area contributed by atoms with Crippen LogP contribution < -0.4 is 10.6 Å². The molecule has 0 aliphatic heterocycles. The molecule has 0 spiro atoms. The minimum Gasteiger partial charge on any atom is -0.356 e. The van der Waals surface area contributed by atoms with Gasteiger partial charge in [-0.3, -0.25) is 9.59 Å². The smallest absolute Gasteiger partial charge is 0.227 e. The highest BCUT2D eigenvalue weighted by atomic mass is 16.5. The third-order valence-electron chi connectivity index (χ3n) is 2.19. The monoisotopic (exact) mass is 254 g/mol. The lowest BCUT2D eigenvalue weighted by atomic mass is 10.3. The highest BCUT2D eigenvalue weighted by Crippen LogP contribution is 1.95. The van der Waals surface area contributed by atoms with Crippen LogP contribution in [0.4, 0.5) is 0 Å². The van der Waals surface area contributed by atoms with E-state index in [4.69, 9.17) is 4.52 Å². The van der Waals surface area contributed by atoms with Crippen LogP contribution >= 0.6 is 0 Å². The minimum absolute atomic E-state index is 0.0356. The molecule has 0 aliphatic carbocycles. The van der Waals surface area contributed by atoms with Gasteiger partial charge in [0.05, 0.1) is 6.42 Å². The first kappa shape index (κ1) is 14.1. The van der Waals surface area contributed by atoms with Gasteiger partial charge in [0.1, 0.15) is 0 Å². The number of carbonyl (C=O) groups excluding carboxylic acids is 2. The van der Waals surface area contributed by atoms with E-state index in [0.717, 1.165) is 12.8 Å². The van der Waals surface area contributed by atoms with E-state index < -0.39 is 0 Å². The van der Waals surface area contributed by atoms with E-state index in [1.165, 1.54) is 6.92 Å². The normalized spacial score (nSPS) is 10.1. The number of carbonyl (C=O) groups is 2. The minimum atomic E-state index is -0.129. The Kier molecular flexibility index (Phi) is 5.83. The maximum atomic E-state index is 11.5. The fraction of sp³-hybridized carbons (Fsp3) is 0.636. The Balaban J connectivity index is 2.05. The van der Waals surface area contributed by atoms with E-state index in [2.05, 4.69) is 20.8 Å². The zero-order chi connectivity index (χ0) is 13.4. The number of hydrogen-bond acceptors (Lipinski definition) is 5. The second-order valence-electron chi connectivity index (χ2n) is 3.95. The summed E-state index contributed by atoms with van der Waals surface area (Å²) in [4.78, 5) is 26.0. The lowest BCUT2D eigenvalue weighted by Crippen LogP contribution is -2.27. The number of amides is 2. The van der Waals surface area contributed by atoms with Gasteiger partial charge in [0, 0.05) is 26.9 Å². The Morgan fingerprint density at radius 3 is 2.44 bits per heavy atom. The van der Waals surface area contributed by atoms with Crippen LogP contribution in [0.2, 0.25) is 0 Å². The first-order chi connectivity index (χ1) is 8.58. The first-order valence-corrected chi connectivity index (χ1v) is 5.88. The summed E-state index contributed by atoms with van der Waals surface area (Å²) in [5.41, 5.74) is 0. The van der Waals surface area contributed by atoms with Gasteiger partial charge in [-0.05, 0) is 12.8 Å². The van der Waals surface area contributed by atoms with Crippen LogP contribution in [0.3, 0.4) is 0 Å². The van der Waals surface area contributed by atoms with Crippen LogP contribution in [0.5, 0.6) is 0 Å². The van der Waals surface area contributed by atoms with E-state index in [1.54, 1.807) is 6.92 Å². The van der Waals surface area contributed by atoms with E-state index in [1.807, 2.05) is 0 Å². The molecule has 0 saturated heterocycles.